The second kappa shape index (κ2) is 3.63. The van der Waals surface area contributed by atoms with E-state index in [2.05, 4.69) is 4.98 Å². The number of rotatable bonds is 0. The quantitative estimate of drug-likeness (QED) is 0.760. The van der Waals surface area contributed by atoms with Gasteiger partial charge in [0.2, 0.25) is 0 Å². The Morgan fingerprint density at radius 1 is 1.29 bits per heavy atom. The van der Waals surface area contributed by atoms with Crippen LogP contribution in [0.15, 0.2) is 16.9 Å². The molecule has 0 fully saturated rings. The van der Waals surface area contributed by atoms with Crippen LogP contribution in [0.4, 0.5) is 8.78 Å². The van der Waals surface area contributed by atoms with E-state index in [1.54, 1.807) is 0 Å². The highest BCUT2D eigenvalue weighted by atomic mass is 19.1. The minimum atomic E-state index is -0.753. The highest BCUT2D eigenvalue weighted by molar-refractivity contribution is 5.80. The lowest BCUT2D eigenvalue weighted by molar-refractivity contribution is 0.108. The van der Waals surface area contributed by atoms with Crippen LogP contribution in [0.3, 0.4) is 0 Å². The minimum Gasteiger partial charge on any atom is -0.376 e. The first-order valence-corrected chi connectivity index (χ1v) is 5.27. The third kappa shape index (κ3) is 1.54. The number of aromatic amines is 1. The highest BCUT2D eigenvalue weighted by Gasteiger charge is 2.18. The molecule has 2 aromatic rings. The molecule has 0 bridgehead atoms. The lowest BCUT2D eigenvalue weighted by Gasteiger charge is -2.16. The van der Waals surface area contributed by atoms with Gasteiger partial charge in [-0.05, 0) is 6.07 Å². The summed E-state index contributed by atoms with van der Waals surface area (Å²) in [7, 11) is 0. The third-order valence-electron chi connectivity index (χ3n) is 2.96. The molecule has 0 atom stereocenters. The molecule has 3 rings (SSSR count). The van der Waals surface area contributed by atoms with Crippen LogP contribution < -0.4 is 5.43 Å². The molecule has 5 heteroatoms. The van der Waals surface area contributed by atoms with E-state index in [0.29, 0.717) is 24.3 Å². The second-order valence-corrected chi connectivity index (χ2v) is 4.02. The van der Waals surface area contributed by atoms with Crippen molar-refractivity contribution in [1.82, 2.24) is 4.98 Å². The van der Waals surface area contributed by atoms with Gasteiger partial charge in [-0.25, -0.2) is 8.78 Å². The van der Waals surface area contributed by atoms with E-state index < -0.39 is 11.6 Å². The van der Waals surface area contributed by atoms with E-state index in [1.165, 1.54) is 0 Å². The molecule has 1 aromatic heterocycles. The maximum absolute atomic E-state index is 13.6. The van der Waals surface area contributed by atoms with Gasteiger partial charge in [-0.1, -0.05) is 0 Å². The fourth-order valence-corrected chi connectivity index (χ4v) is 2.12. The summed E-state index contributed by atoms with van der Waals surface area (Å²) in [5, 5.41) is 0.0340. The van der Waals surface area contributed by atoms with Crippen LogP contribution in [-0.4, -0.2) is 11.6 Å². The van der Waals surface area contributed by atoms with Crippen molar-refractivity contribution in [2.75, 3.05) is 6.61 Å². The molecule has 2 heterocycles. The summed E-state index contributed by atoms with van der Waals surface area (Å²) in [5.41, 5.74) is 0.858. The molecule has 0 unspecified atom stereocenters. The van der Waals surface area contributed by atoms with Crippen LogP contribution >= 0.6 is 0 Å². The number of hydrogen-bond acceptors (Lipinski definition) is 2. The van der Waals surface area contributed by atoms with E-state index in [0.717, 1.165) is 12.1 Å². The number of nitrogens with one attached hydrogen (secondary N) is 1. The molecule has 88 valence electrons. The molecule has 0 spiro atoms. The van der Waals surface area contributed by atoms with Crippen molar-refractivity contribution in [2.45, 2.75) is 13.0 Å². The summed E-state index contributed by atoms with van der Waals surface area (Å²) in [6, 6.07) is 1.82. The zero-order chi connectivity index (χ0) is 12.0. The Balaban J connectivity index is 2.44. The van der Waals surface area contributed by atoms with Crippen molar-refractivity contribution in [3.8, 4) is 0 Å². The molecule has 1 N–H and O–H groups in total. The predicted octanol–water partition coefficient (Wildman–Crippen LogP) is 1.88. The molecule has 0 radical (unpaired) electrons. The summed E-state index contributed by atoms with van der Waals surface area (Å²) in [5.74, 6) is -1.50. The standard InChI is InChI=1S/C12H9F2NO2/c13-6-3-7-11(9(14)4-6)15-10-1-2-17-5-8(10)12(7)16/h3-4H,1-2,5H2,(H,15,16). The van der Waals surface area contributed by atoms with Gasteiger partial charge >= 0.3 is 0 Å². The average molecular weight is 237 g/mol. The van der Waals surface area contributed by atoms with Gasteiger partial charge in [0.25, 0.3) is 0 Å². The molecule has 0 saturated carbocycles. The Morgan fingerprint density at radius 3 is 2.94 bits per heavy atom. The number of pyridine rings is 1. The average Bonchev–Trinajstić information content (AvgIpc) is 2.31. The van der Waals surface area contributed by atoms with Gasteiger partial charge in [-0.2, -0.15) is 0 Å². The molecule has 17 heavy (non-hydrogen) atoms. The first kappa shape index (κ1) is 10.4. The highest BCUT2D eigenvalue weighted by Crippen LogP contribution is 2.19. The summed E-state index contributed by atoms with van der Waals surface area (Å²) in [6.45, 7) is 0.690. The zero-order valence-corrected chi connectivity index (χ0v) is 8.85. The number of aromatic nitrogens is 1. The van der Waals surface area contributed by atoms with Crippen LogP contribution in [0.25, 0.3) is 10.9 Å². The van der Waals surface area contributed by atoms with Crippen molar-refractivity contribution < 1.29 is 13.5 Å². The SMILES string of the molecule is O=c1c2c([nH]c3c(F)cc(F)cc13)CCOC2. The van der Waals surface area contributed by atoms with Gasteiger partial charge < -0.3 is 9.72 Å². The van der Waals surface area contributed by atoms with Crippen molar-refractivity contribution in [1.29, 1.82) is 0 Å². The number of fused-ring (bicyclic) bond motifs is 2. The predicted molar refractivity (Wildman–Crippen MR) is 57.8 cm³/mol. The molecule has 1 aliphatic rings. The maximum atomic E-state index is 13.6. The van der Waals surface area contributed by atoms with E-state index >= 15 is 0 Å². The molecular weight excluding hydrogens is 228 g/mol. The van der Waals surface area contributed by atoms with Crippen LogP contribution in [0.1, 0.15) is 11.3 Å². The van der Waals surface area contributed by atoms with Crippen molar-refractivity contribution in [2.24, 2.45) is 0 Å². The maximum Gasteiger partial charge on any atom is 0.195 e. The molecule has 1 aromatic carbocycles. The largest absolute Gasteiger partial charge is 0.376 e. The summed E-state index contributed by atoms with van der Waals surface area (Å²) in [6.07, 6.45) is 0.539. The summed E-state index contributed by atoms with van der Waals surface area (Å²) in [4.78, 5) is 14.9. The monoisotopic (exact) mass is 237 g/mol. The smallest absolute Gasteiger partial charge is 0.195 e. The van der Waals surface area contributed by atoms with Crippen LogP contribution in [0.5, 0.6) is 0 Å². The zero-order valence-electron chi connectivity index (χ0n) is 8.85. The van der Waals surface area contributed by atoms with E-state index in [1.807, 2.05) is 0 Å². The Hall–Kier alpha value is -1.75. The van der Waals surface area contributed by atoms with Gasteiger partial charge in [0.15, 0.2) is 5.43 Å². The number of halogens is 2. The lowest BCUT2D eigenvalue weighted by atomic mass is 10.1. The van der Waals surface area contributed by atoms with Gasteiger partial charge in [0, 0.05) is 23.7 Å². The van der Waals surface area contributed by atoms with Crippen molar-refractivity contribution in [3.05, 3.63) is 45.2 Å². The Morgan fingerprint density at radius 2 is 2.12 bits per heavy atom. The van der Waals surface area contributed by atoms with Gasteiger partial charge in [-0.15, -0.1) is 0 Å². The van der Waals surface area contributed by atoms with E-state index in [9.17, 15) is 13.6 Å². The minimum absolute atomic E-state index is 0.0340. The van der Waals surface area contributed by atoms with Gasteiger partial charge in [0.1, 0.15) is 11.6 Å². The van der Waals surface area contributed by atoms with Crippen molar-refractivity contribution >= 4 is 10.9 Å². The second-order valence-electron chi connectivity index (χ2n) is 4.02. The number of H-pyrrole nitrogens is 1. The van der Waals surface area contributed by atoms with Gasteiger partial charge in [-0.3, -0.25) is 4.79 Å². The van der Waals surface area contributed by atoms with Crippen LogP contribution in [0, 0.1) is 11.6 Å². The van der Waals surface area contributed by atoms with Crippen LogP contribution in [-0.2, 0) is 17.8 Å². The van der Waals surface area contributed by atoms with Crippen molar-refractivity contribution in [3.63, 3.8) is 0 Å². The molecule has 0 saturated heterocycles. The first-order valence-electron chi connectivity index (χ1n) is 5.27. The number of benzene rings is 1. The molecule has 0 amide bonds. The molecular formula is C12H9F2NO2. The third-order valence-corrected chi connectivity index (χ3v) is 2.96. The lowest BCUT2D eigenvalue weighted by Crippen LogP contribution is -2.22. The van der Waals surface area contributed by atoms with E-state index in [-0.39, 0.29) is 22.9 Å². The van der Waals surface area contributed by atoms with Gasteiger partial charge in [0.05, 0.1) is 24.1 Å². The fourth-order valence-electron chi connectivity index (χ4n) is 2.12. The Bertz CT molecular complexity index is 664. The van der Waals surface area contributed by atoms with Crippen LogP contribution in [0.2, 0.25) is 0 Å². The molecule has 0 aliphatic carbocycles. The number of hydrogen-bond donors (Lipinski definition) is 1. The number of ether oxygens (including phenoxy) is 1. The normalized spacial score (nSPS) is 14.9. The van der Waals surface area contributed by atoms with E-state index in [4.69, 9.17) is 4.74 Å². The molecule has 1 aliphatic heterocycles. The Labute approximate surface area is 95.0 Å². The first-order chi connectivity index (χ1) is 8.16. The Kier molecular flexibility index (Phi) is 2.22. The summed E-state index contributed by atoms with van der Waals surface area (Å²) < 4.78 is 31.8. The molecule has 3 nitrogen and oxygen atoms in total. The summed E-state index contributed by atoms with van der Waals surface area (Å²) >= 11 is 0. The topological polar surface area (TPSA) is 42.1 Å². The fraction of sp³-hybridized carbons (Fsp3) is 0.250.